The fourth-order valence-electron chi connectivity index (χ4n) is 4.10. The fourth-order valence-corrected chi connectivity index (χ4v) is 4.10. The number of rotatable bonds is 21. The lowest BCUT2D eigenvalue weighted by molar-refractivity contribution is -0.120. The van der Waals surface area contributed by atoms with Crippen molar-refractivity contribution in [3.63, 3.8) is 0 Å². The van der Waals surface area contributed by atoms with Crippen LogP contribution in [0.15, 0.2) is 30.3 Å². The monoisotopic (exact) mass is 415 g/mol. The van der Waals surface area contributed by atoms with Crippen molar-refractivity contribution in [2.75, 3.05) is 6.54 Å². The van der Waals surface area contributed by atoms with E-state index in [2.05, 4.69) is 12.2 Å². The zero-order valence-electron chi connectivity index (χ0n) is 19.9. The van der Waals surface area contributed by atoms with E-state index in [1.54, 1.807) is 0 Å². The quantitative estimate of drug-likeness (QED) is 0.201. The Hall–Kier alpha value is -1.31. The average molecular weight is 416 g/mol. The van der Waals surface area contributed by atoms with Crippen molar-refractivity contribution in [3.8, 4) is 0 Å². The first-order chi connectivity index (χ1) is 14.8. The van der Waals surface area contributed by atoms with Gasteiger partial charge in [-0.2, -0.15) is 0 Å². The Balaban J connectivity index is 1.72. The lowest BCUT2D eigenvalue weighted by Gasteiger charge is -2.06. The summed E-state index contributed by atoms with van der Waals surface area (Å²) in [5.41, 5.74) is 1.09. The molecule has 0 aromatic heterocycles. The highest BCUT2D eigenvalue weighted by molar-refractivity contribution is 5.78. The maximum absolute atomic E-state index is 11.9. The second-order valence-corrected chi connectivity index (χ2v) is 9.02. The molecule has 0 aliphatic heterocycles. The summed E-state index contributed by atoms with van der Waals surface area (Å²) in [6.45, 7) is 3.11. The van der Waals surface area contributed by atoms with Gasteiger partial charge in [-0.15, -0.1) is 0 Å². The molecule has 0 bridgehead atoms. The Morgan fingerprint density at radius 3 is 1.43 bits per heavy atom. The number of benzene rings is 1. The molecule has 0 atom stereocenters. The molecule has 2 heteroatoms. The van der Waals surface area contributed by atoms with Crippen LogP contribution >= 0.6 is 0 Å². The van der Waals surface area contributed by atoms with Crippen LogP contribution in [0.1, 0.15) is 128 Å². The van der Waals surface area contributed by atoms with Crippen LogP contribution in [0.25, 0.3) is 0 Å². The fraction of sp³-hybridized carbons (Fsp3) is 0.750. The van der Waals surface area contributed by atoms with Crippen molar-refractivity contribution in [2.24, 2.45) is 0 Å². The molecule has 0 fully saturated rings. The maximum Gasteiger partial charge on any atom is 0.224 e. The summed E-state index contributed by atoms with van der Waals surface area (Å²) in [7, 11) is 0. The van der Waals surface area contributed by atoms with E-state index in [0.717, 1.165) is 18.5 Å². The van der Waals surface area contributed by atoms with Gasteiger partial charge in [-0.05, 0) is 12.0 Å². The molecule has 1 rings (SSSR count). The third-order valence-corrected chi connectivity index (χ3v) is 6.06. The van der Waals surface area contributed by atoms with Crippen LogP contribution < -0.4 is 5.32 Å². The zero-order chi connectivity index (χ0) is 21.5. The van der Waals surface area contributed by atoms with Gasteiger partial charge in [0.25, 0.3) is 0 Å². The minimum Gasteiger partial charge on any atom is -0.356 e. The highest BCUT2D eigenvalue weighted by Gasteiger charge is 2.01. The smallest absolute Gasteiger partial charge is 0.224 e. The van der Waals surface area contributed by atoms with E-state index < -0.39 is 0 Å². The highest BCUT2D eigenvalue weighted by atomic mass is 16.1. The minimum absolute atomic E-state index is 0.146. The first-order valence-corrected chi connectivity index (χ1v) is 13.1. The maximum atomic E-state index is 11.9. The van der Waals surface area contributed by atoms with Crippen LogP contribution in [0.2, 0.25) is 0 Å². The van der Waals surface area contributed by atoms with Gasteiger partial charge in [0.2, 0.25) is 5.91 Å². The SMILES string of the molecule is CCCCCCCCCCCCCCCCCCCCNC(=O)Cc1ccccc1. The largest absolute Gasteiger partial charge is 0.356 e. The van der Waals surface area contributed by atoms with E-state index in [-0.39, 0.29) is 5.91 Å². The number of hydrogen-bond acceptors (Lipinski definition) is 1. The number of nitrogens with one attached hydrogen (secondary N) is 1. The van der Waals surface area contributed by atoms with Crippen LogP contribution in [-0.4, -0.2) is 12.5 Å². The van der Waals surface area contributed by atoms with Crippen molar-refractivity contribution in [3.05, 3.63) is 35.9 Å². The summed E-state index contributed by atoms with van der Waals surface area (Å²) in [4.78, 5) is 11.9. The molecule has 30 heavy (non-hydrogen) atoms. The topological polar surface area (TPSA) is 29.1 Å². The molecule has 0 aliphatic carbocycles. The second kappa shape index (κ2) is 20.9. The predicted octanol–water partition coefficient (Wildman–Crippen LogP) is 8.39. The molecule has 1 N–H and O–H groups in total. The van der Waals surface area contributed by atoms with Crippen molar-refractivity contribution in [1.29, 1.82) is 0 Å². The average Bonchev–Trinajstić information content (AvgIpc) is 2.76. The Morgan fingerprint density at radius 1 is 0.600 bits per heavy atom. The molecular formula is C28H49NO. The summed E-state index contributed by atoms with van der Waals surface area (Å²) >= 11 is 0. The standard InChI is InChI=1S/C28H49NO/c1-2-3-4-5-6-7-8-9-10-11-12-13-14-15-16-17-18-22-25-29-28(30)26-27-23-20-19-21-24-27/h19-21,23-24H,2-18,22,25-26H2,1H3,(H,29,30). The summed E-state index contributed by atoms with van der Waals surface area (Å²) in [6, 6.07) is 9.98. The Kier molecular flexibility index (Phi) is 18.7. The summed E-state index contributed by atoms with van der Waals surface area (Å²) in [5.74, 6) is 0.146. The zero-order valence-corrected chi connectivity index (χ0v) is 19.9. The van der Waals surface area contributed by atoms with E-state index in [1.165, 1.54) is 109 Å². The Bertz CT molecular complexity index is 485. The molecule has 0 radical (unpaired) electrons. The molecule has 2 nitrogen and oxygen atoms in total. The molecule has 0 aliphatic rings. The number of carbonyl (C=O) groups excluding carboxylic acids is 1. The van der Waals surface area contributed by atoms with Crippen LogP contribution in [0, 0.1) is 0 Å². The Morgan fingerprint density at radius 2 is 1.00 bits per heavy atom. The highest BCUT2D eigenvalue weighted by Crippen LogP contribution is 2.14. The van der Waals surface area contributed by atoms with Crippen LogP contribution in [0.5, 0.6) is 0 Å². The van der Waals surface area contributed by atoms with Gasteiger partial charge in [0.1, 0.15) is 0 Å². The van der Waals surface area contributed by atoms with E-state index in [0.29, 0.717) is 6.42 Å². The van der Waals surface area contributed by atoms with Gasteiger partial charge in [0, 0.05) is 6.54 Å². The number of unbranched alkanes of at least 4 members (excludes halogenated alkanes) is 17. The second-order valence-electron chi connectivity index (χ2n) is 9.02. The number of amides is 1. The van der Waals surface area contributed by atoms with Gasteiger partial charge in [-0.1, -0.05) is 146 Å². The van der Waals surface area contributed by atoms with Gasteiger partial charge in [0.15, 0.2) is 0 Å². The normalized spacial score (nSPS) is 11.0. The summed E-state index contributed by atoms with van der Waals surface area (Å²) in [6.07, 6.45) is 25.6. The minimum atomic E-state index is 0.146. The van der Waals surface area contributed by atoms with Gasteiger partial charge >= 0.3 is 0 Å². The molecule has 172 valence electrons. The van der Waals surface area contributed by atoms with E-state index in [1.807, 2.05) is 30.3 Å². The predicted molar refractivity (Wildman–Crippen MR) is 132 cm³/mol. The molecular weight excluding hydrogens is 366 g/mol. The lowest BCUT2D eigenvalue weighted by atomic mass is 10.0. The molecule has 1 aromatic rings. The lowest BCUT2D eigenvalue weighted by Crippen LogP contribution is -2.26. The molecule has 0 saturated heterocycles. The molecule has 0 spiro atoms. The Labute approximate surface area is 187 Å². The number of hydrogen-bond donors (Lipinski definition) is 1. The molecule has 1 amide bonds. The van der Waals surface area contributed by atoms with E-state index in [9.17, 15) is 4.79 Å². The molecule has 0 heterocycles. The van der Waals surface area contributed by atoms with Crippen molar-refractivity contribution < 1.29 is 4.79 Å². The van der Waals surface area contributed by atoms with Gasteiger partial charge in [-0.25, -0.2) is 0 Å². The molecule has 1 aromatic carbocycles. The van der Waals surface area contributed by atoms with E-state index in [4.69, 9.17) is 0 Å². The van der Waals surface area contributed by atoms with Crippen LogP contribution in [0.3, 0.4) is 0 Å². The molecule has 0 saturated carbocycles. The van der Waals surface area contributed by atoms with Crippen molar-refractivity contribution >= 4 is 5.91 Å². The van der Waals surface area contributed by atoms with Crippen molar-refractivity contribution in [2.45, 2.75) is 129 Å². The van der Waals surface area contributed by atoms with E-state index >= 15 is 0 Å². The summed E-state index contributed by atoms with van der Waals surface area (Å²) in [5, 5.41) is 3.05. The van der Waals surface area contributed by atoms with Gasteiger partial charge in [-0.3, -0.25) is 4.79 Å². The van der Waals surface area contributed by atoms with Gasteiger partial charge < -0.3 is 5.32 Å². The number of carbonyl (C=O) groups is 1. The first-order valence-electron chi connectivity index (χ1n) is 13.1. The third kappa shape index (κ3) is 17.5. The third-order valence-electron chi connectivity index (χ3n) is 6.06. The summed E-state index contributed by atoms with van der Waals surface area (Å²) < 4.78 is 0. The van der Waals surface area contributed by atoms with Crippen LogP contribution in [0.4, 0.5) is 0 Å². The van der Waals surface area contributed by atoms with Crippen LogP contribution in [-0.2, 0) is 11.2 Å². The van der Waals surface area contributed by atoms with Gasteiger partial charge in [0.05, 0.1) is 6.42 Å². The first kappa shape index (κ1) is 26.7. The molecule has 0 unspecified atom stereocenters. The van der Waals surface area contributed by atoms with Crippen molar-refractivity contribution in [1.82, 2.24) is 5.32 Å².